The van der Waals surface area contributed by atoms with Crippen LogP contribution in [0.25, 0.3) is 0 Å². The van der Waals surface area contributed by atoms with Crippen molar-refractivity contribution in [3.8, 4) is 46.0 Å². The first kappa shape index (κ1) is 38.4. The standard InChI is InChI=1S/C47H48O8/c1-27-24-39(52)44(54-6)29(3)41(27)43(42-28(2)25-40(53)45(55-7)30(42)4)47(34-14-22-38(51)23-15-34,26-31-8-16-35(48)17-9-31)46(5,32-10-18-36(49)19-11-32)33-12-20-37(50)21-13-33/h8-25,43,48-53H,26H2,1-7H3. The highest BCUT2D eigenvalue weighted by Crippen LogP contribution is 2.62. The largest absolute Gasteiger partial charge is 0.508 e. The molecule has 1 atom stereocenters. The predicted molar refractivity (Wildman–Crippen MR) is 214 cm³/mol. The quantitative estimate of drug-likeness (QED) is 0.0772. The molecule has 0 fully saturated rings. The molecular formula is C47H48O8. The molecule has 0 amide bonds. The number of hydrogen-bond donors (Lipinski definition) is 6. The minimum Gasteiger partial charge on any atom is -0.508 e. The van der Waals surface area contributed by atoms with E-state index in [1.807, 2.05) is 76.2 Å². The van der Waals surface area contributed by atoms with Crippen molar-refractivity contribution in [3.63, 3.8) is 0 Å². The van der Waals surface area contributed by atoms with Crippen molar-refractivity contribution in [2.45, 2.75) is 57.8 Å². The lowest BCUT2D eigenvalue weighted by atomic mass is 9.46. The average Bonchev–Trinajstić information content (AvgIpc) is 3.15. The van der Waals surface area contributed by atoms with E-state index in [1.165, 1.54) is 14.2 Å². The van der Waals surface area contributed by atoms with E-state index in [-0.39, 0.29) is 34.5 Å². The van der Waals surface area contributed by atoms with Gasteiger partial charge in [0.2, 0.25) is 0 Å². The monoisotopic (exact) mass is 740 g/mol. The molecule has 1 unspecified atom stereocenters. The smallest absolute Gasteiger partial charge is 0.163 e. The Hall–Kier alpha value is -6.28. The van der Waals surface area contributed by atoms with Crippen LogP contribution in [-0.4, -0.2) is 44.9 Å². The van der Waals surface area contributed by atoms with E-state index < -0.39 is 16.7 Å². The first-order valence-electron chi connectivity index (χ1n) is 18.1. The van der Waals surface area contributed by atoms with Crippen molar-refractivity contribution >= 4 is 0 Å². The van der Waals surface area contributed by atoms with Gasteiger partial charge in [-0.05, 0) is 150 Å². The molecule has 0 bridgehead atoms. The van der Waals surface area contributed by atoms with Gasteiger partial charge in [-0.15, -0.1) is 0 Å². The molecule has 0 aliphatic heterocycles. The van der Waals surface area contributed by atoms with E-state index in [9.17, 15) is 30.6 Å². The summed E-state index contributed by atoms with van der Waals surface area (Å²) >= 11 is 0. The highest BCUT2D eigenvalue weighted by Gasteiger charge is 2.58. The van der Waals surface area contributed by atoms with Gasteiger partial charge in [-0.1, -0.05) is 55.5 Å². The topological polar surface area (TPSA) is 140 Å². The number of methoxy groups -OCH3 is 2. The van der Waals surface area contributed by atoms with Crippen molar-refractivity contribution in [2.75, 3.05) is 14.2 Å². The van der Waals surface area contributed by atoms with Gasteiger partial charge in [-0.2, -0.15) is 0 Å². The molecule has 0 heterocycles. The summed E-state index contributed by atoms with van der Waals surface area (Å²) < 4.78 is 11.8. The van der Waals surface area contributed by atoms with Crippen LogP contribution in [0.15, 0.2) is 109 Å². The second-order valence-electron chi connectivity index (χ2n) is 14.6. The predicted octanol–water partition coefficient (Wildman–Crippen LogP) is 9.49. The minimum absolute atomic E-state index is 0.00895. The van der Waals surface area contributed by atoms with E-state index in [0.29, 0.717) is 29.0 Å². The molecule has 284 valence electrons. The maximum atomic E-state index is 11.3. The number of hydrogen-bond acceptors (Lipinski definition) is 8. The Balaban J connectivity index is 1.97. The first-order chi connectivity index (χ1) is 26.2. The summed E-state index contributed by atoms with van der Waals surface area (Å²) in [6.07, 6.45) is 0.325. The van der Waals surface area contributed by atoms with Crippen molar-refractivity contribution in [1.29, 1.82) is 0 Å². The fourth-order valence-corrected chi connectivity index (χ4v) is 9.05. The van der Waals surface area contributed by atoms with Gasteiger partial charge in [-0.25, -0.2) is 0 Å². The zero-order chi connectivity index (χ0) is 39.8. The van der Waals surface area contributed by atoms with E-state index in [1.54, 1.807) is 60.7 Å². The maximum absolute atomic E-state index is 11.3. The molecule has 8 nitrogen and oxygen atoms in total. The SMILES string of the molecule is COc1c(O)cc(C)c(C(c2c(C)cc(O)c(OC)c2C)C(Cc2ccc(O)cc2)(c2ccc(O)cc2)C(C)(c2ccc(O)cc2)c2ccc(O)cc2)c1C. The highest BCUT2D eigenvalue weighted by molar-refractivity contribution is 5.66. The molecule has 8 heteroatoms. The van der Waals surface area contributed by atoms with Gasteiger partial charge in [0, 0.05) is 16.7 Å². The number of rotatable bonds is 11. The van der Waals surface area contributed by atoms with Crippen LogP contribution in [0.1, 0.15) is 68.5 Å². The highest BCUT2D eigenvalue weighted by atomic mass is 16.5. The summed E-state index contributed by atoms with van der Waals surface area (Å²) in [5, 5.41) is 65.2. The van der Waals surface area contributed by atoms with Crippen molar-refractivity contribution in [2.24, 2.45) is 0 Å². The fourth-order valence-electron chi connectivity index (χ4n) is 9.05. The zero-order valence-electron chi connectivity index (χ0n) is 32.2. The summed E-state index contributed by atoms with van der Waals surface area (Å²) in [6.45, 7) is 9.92. The maximum Gasteiger partial charge on any atom is 0.163 e. The summed E-state index contributed by atoms with van der Waals surface area (Å²) in [4.78, 5) is 0. The van der Waals surface area contributed by atoms with E-state index >= 15 is 0 Å². The normalized spacial score (nSPS) is 12.7. The first-order valence-corrected chi connectivity index (χ1v) is 18.1. The molecule has 0 saturated heterocycles. The van der Waals surface area contributed by atoms with E-state index in [2.05, 4.69) is 6.92 Å². The zero-order valence-corrected chi connectivity index (χ0v) is 32.2. The Morgan fingerprint density at radius 3 is 1.16 bits per heavy atom. The second-order valence-corrected chi connectivity index (χ2v) is 14.6. The van der Waals surface area contributed by atoms with Gasteiger partial charge in [0.05, 0.1) is 14.2 Å². The summed E-state index contributed by atoms with van der Waals surface area (Å²) in [6, 6.07) is 31.9. The van der Waals surface area contributed by atoms with Gasteiger partial charge in [0.1, 0.15) is 23.0 Å². The van der Waals surface area contributed by atoms with Crippen LogP contribution in [-0.2, 0) is 17.3 Å². The molecule has 0 radical (unpaired) electrons. The molecule has 0 aliphatic rings. The Bertz CT molecular complexity index is 2200. The Kier molecular flexibility index (Phi) is 10.4. The number of phenols is 6. The average molecular weight is 741 g/mol. The Morgan fingerprint density at radius 1 is 0.491 bits per heavy atom. The minimum atomic E-state index is -1.14. The third kappa shape index (κ3) is 6.52. The van der Waals surface area contributed by atoms with Crippen molar-refractivity contribution in [1.82, 2.24) is 0 Å². The second kappa shape index (κ2) is 14.9. The van der Waals surface area contributed by atoms with E-state index in [4.69, 9.17) is 9.47 Å². The molecule has 0 saturated carbocycles. The van der Waals surface area contributed by atoms with Crippen molar-refractivity contribution < 1.29 is 40.1 Å². The molecule has 6 N–H and O–H groups in total. The van der Waals surface area contributed by atoms with Gasteiger partial charge in [0.25, 0.3) is 0 Å². The third-order valence-electron chi connectivity index (χ3n) is 11.6. The van der Waals surface area contributed by atoms with Crippen LogP contribution in [0.3, 0.4) is 0 Å². The van der Waals surface area contributed by atoms with E-state index in [0.717, 1.165) is 44.5 Å². The molecule has 0 aliphatic carbocycles. The van der Waals surface area contributed by atoms with Crippen LogP contribution >= 0.6 is 0 Å². The summed E-state index contributed by atoms with van der Waals surface area (Å²) in [7, 11) is 3.05. The van der Waals surface area contributed by atoms with Crippen LogP contribution in [0.4, 0.5) is 0 Å². The van der Waals surface area contributed by atoms with Crippen molar-refractivity contribution in [3.05, 3.63) is 165 Å². The lowest BCUT2D eigenvalue weighted by Gasteiger charge is -2.56. The lowest BCUT2D eigenvalue weighted by molar-refractivity contribution is 0.235. The number of phenolic OH excluding ortho intramolecular Hbond substituents is 6. The van der Waals surface area contributed by atoms with Crippen LogP contribution in [0, 0.1) is 27.7 Å². The van der Waals surface area contributed by atoms with Crippen LogP contribution in [0.5, 0.6) is 46.0 Å². The number of ether oxygens (including phenoxy) is 2. The number of aromatic hydroxyl groups is 6. The van der Waals surface area contributed by atoms with Gasteiger partial charge in [0.15, 0.2) is 23.0 Å². The van der Waals surface area contributed by atoms with Gasteiger partial charge < -0.3 is 40.1 Å². The van der Waals surface area contributed by atoms with Crippen LogP contribution < -0.4 is 9.47 Å². The number of benzene rings is 6. The molecule has 6 aromatic rings. The van der Waals surface area contributed by atoms with Gasteiger partial charge in [-0.3, -0.25) is 0 Å². The molecule has 0 spiro atoms. The Labute approximate surface area is 322 Å². The third-order valence-corrected chi connectivity index (χ3v) is 11.6. The fraction of sp³-hybridized carbons (Fsp3) is 0.234. The molecular weight excluding hydrogens is 693 g/mol. The molecule has 0 aromatic heterocycles. The summed E-state index contributed by atoms with van der Waals surface area (Å²) in [5.41, 5.74) is 5.80. The number of aryl methyl sites for hydroxylation is 2. The van der Waals surface area contributed by atoms with Gasteiger partial charge >= 0.3 is 0 Å². The Morgan fingerprint density at radius 2 is 0.818 bits per heavy atom. The summed E-state index contributed by atoms with van der Waals surface area (Å²) in [5.74, 6) is 0.323. The molecule has 55 heavy (non-hydrogen) atoms. The molecule has 6 aromatic carbocycles. The lowest BCUT2D eigenvalue weighted by Crippen LogP contribution is -2.54. The molecule has 6 rings (SSSR count). The van der Waals surface area contributed by atoms with Crippen LogP contribution in [0.2, 0.25) is 0 Å².